The first-order chi connectivity index (χ1) is 8.04. The SMILES string of the molecule is O=C(O)CC1(c2ccccc2)NC(=O)NC1=O. The lowest BCUT2D eigenvalue weighted by atomic mass is 9.87. The summed E-state index contributed by atoms with van der Waals surface area (Å²) in [5.41, 5.74) is -1.06. The molecule has 1 heterocycles. The number of aliphatic carboxylic acids is 1. The number of amides is 3. The topological polar surface area (TPSA) is 95.5 Å². The average molecular weight is 234 g/mol. The summed E-state index contributed by atoms with van der Waals surface area (Å²) in [5, 5.41) is 13.3. The lowest BCUT2D eigenvalue weighted by Crippen LogP contribution is -2.45. The summed E-state index contributed by atoms with van der Waals surface area (Å²) in [4.78, 5) is 33.8. The third kappa shape index (κ3) is 1.84. The summed E-state index contributed by atoms with van der Waals surface area (Å²) in [6.45, 7) is 0. The molecule has 1 aliphatic heterocycles. The molecular formula is C11H10N2O4. The number of nitrogens with one attached hydrogen (secondary N) is 2. The Labute approximate surface area is 96.6 Å². The molecule has 0 saturated carbocycles. The van der Waals surface area contributed by atoms with Crippen LogP contribution < -0.4 is 10.6 Å². The zero-order valence-corrected chi connectivity index (χ0v) is 8.77. The summed E-state index contributed by atoms with van der Waals surface area (Å²) in [5.74, 6) is -1.80. The molecule has 0 spiro atoms. The number of benzene rings is 1. The van der Waals surface area contributed by atoms with Crippen LogP contribution in [0.2, 0.25) is 0 Å². The fraction of sp³-hybridized carbons (Fsp3) is 0.182. The highest BCUT2D eigenvalue weighted by Crippen LogP contribution is 2.28. The fourth-order valence-electron chi connectivity index (χ4n) is 1.87. The standard InChI is InChI=1S/C11H10N2O4/c14-8(15)6-11(7-4-2-1-3-5-7)9(16)12-10(17)13-11/h1-5H,6H2,(H,14,15)(H2,12,13,16,17). The van der Waals surface area contributed by atoms with E-state index in [9.17, 15) is 14.4 Å². The molecule has 0 aromatic heterocycles. The van der Waals surface area contributed by atoms with E-state index in [0.717, 1.165) is 0 Å². The maximum atomic E-state index is 11.8. The van der Waals surface area contributed by atoms with E-state index in [1.165, 1.54) is 0 Å². The Morgan fingerprint density at radius 2 is 1.88 bits per heavy atom. The van der Waals surface area contributed by atoms with Crippen LogP contribution in [-0.4, -0.2) is 23.0 Å². The van der Waals surface area contributed by atoms with E-state index >= 15 is 0 Å². The van der Waals surface area contributed by atoms with Crippen LogP contribution in [0.4, 0.5) is 4.79 Å². The number of hydrogen-bond donors (Lipinski definition) is 3. The predicted octanol–water partition coefficient (Wildman–Crippen LogP) is 0.196. The van der Waals surface area contributed by atoms with Crippen molar-refractivity contribution in [1.82, 2.24) is 10.6 Å². The summed E-state index contributed by atoms with van der Waals surface area (Å²) in [6.07, 6.45) is -0.491. The monoisotopic (exact) mass is 234 g/mol. The number of carbonyl (C=O) groups is 3. The summed E-state index contributed by atoms with van der Waals surface area (Å²) in [6, 6.07) is 7.63. The van der Waals surface area contributed by atoms with Crippen molar-refractivity contribution in [3.8, 4) is 0 Å². The normalized spacial score (nSPS) is 23.1. The van der Waals surface area contributed by atoms with Gasteiger partial charge < -0.3 is 10.4 Å². The smallest absolute Gasteiger partial charge is 0.322 e. The molecule has 2 rings (SSSR count). The van der Waals surface area contributed by atoms with Gasteiger partial charge in [-0.05, 0) is 5.56 Å². The molecule has 3 N–H and O–H groups in total. The minimum atomic E-state index is -1.51. The quantitative estimate of drug-likeness (QED) is 0.651. The van der Waals surface area contributed by atoms with Crippen molar-refractivity contribution in [2.45, 2.75) is 12.0 Å². The Morgan fingerprint density at radius 3 is 2.35 bits per heavy atom. The van der Waals surface area contributed by atoms with Gasteiger partial charge in [-0.1, -0.05) is 30.3 Å². The van der Waals surface area contributed by atoms with Crippen LogP contribution in [0.15, 0.2) is 30.3 Å². The van der Waals surface area contributed by atoms with Crippen LogP contribution in [0.3, 0.4) is 0 Å². The van der Waals surface area contributed by atoms with Gasteiger partial charge in [0.15, 0.2) is 5.54 Å². The van der Waals surface area contributed by atoms with E-state index in [1.807, 2.05) is 0 Å². The van der Waals surface area contributed by atoms with Crippen LogP contribution in [0.1, 0.15) is 12.0 Å². The summed E-state index contributed by atoms with van der Waals surface area (Å²) in [7, 11) is 0. The molecule has 1 fully saturated rings. The molecule has 0 aliphatic carbocycles. The van der Waals surface area contributed by atoms with Crippen molar-refractivity contribution in [2.75, 3.05) is 0 Å². The first-order valence-electron chi connectivity index (χ1n) is 4.95. The van der Waals surface area contributed by atoms with Gasteiger partial charge in [0, 0.05) is 0 Å². The molecule has 1 atom stereocenters. The van der Waals surface area contributed by atoms with Crippen LogP contribution in [0.5, 0.6) is 0 Å². The molecule has 0 radical (unpaired) electrons. The molecule has 88 valence electrons. The van der Waals surface area contributed by atoms with E-state index in [-0.39, 0.29) is 0 Å². The van der Waals surface area contributed by atoms with Crippen LogP contribution in [0.25, 0.3) is 0 Å². The lowest BCUT2D eigenvalue weighted by Gasteiger charge is -2.24. The van der Waals surface area contributed by atoms with E-state index in [0.29, 0.717) is 5.56 Å². The van der Waals surface area contributed by atoms with E-state index in [1.54, 1.807) is 30.3 Å². The Kier molecular flexibility index (Phi) is 2.55. The van der Waals surface area contributed by atoms with Crippen molar-refractivity contribution < 1.29 is 19.5 Å². The number of hydrogen-bond acceptors (Lipinski definition) is 3. The Bertz CT molecular complexity index is 486. The van der Waals surface area contributed by atoms with Crippen LogP contribution >= 0.6 is 0 Å². The second-order valence-corrected chi connectivity index (χ2v) is 3.75. The lowest BCUT2D eigenvalue weighted by molar-refractivity contribution is -0.141. The van der Waals surface area contributed by atoms with Gasteiger partial charge >= 0.3 is 12.0 Å². The van der Waals surface area contributed by atoms with Crippen molar-refractivity contribution in [1.29, 1.82) is 0 Å². The Hall–Kier alpha value is -2.37. The molecule has 1 unspecified atom stereocenters. The molecule has 6 heteroatoms. The Balaban J connectivity index is 2.48. The molecule has 3 amide bonds. The number of carboxylic acid groups (broad SMARTS) is 1. The number of imide groups is 1. The molecule has 1 saturated heterocycles. The predicted molar refractivity (Wildman–Crippen MR) is 57.0 cm³/mol. The summed E-state index contributed by atoms with van der Waals surface area (Å²) >= 11 is 0. The van der Waals surface area contributed by atoms with Gasteiger partial charge in [0.05, 0.1) is 6.42 Å². The molecule has 1 aliphatic rings. The first kappa shape index (κ1) is 11.1. The van der Waals surface area contributed by atoms with Gasteiger partial charge in [-0.25, -0.2) is 4.79 Å². The van der Waals surface area contributed by atoms with Crippen molar-refractivity contribution in [3.63, 3.8) is 0 Å². The van der Waals surface area contributed by atoms with Gasteiger partial charge in [-0.3, -0.25) is 14.9 Å². The number of carboxylic acids is 1. The maximum Gasteiger partial charge on any atom is 0.322 e. The van der Waals surface area contributed by atoms with Gasteiger partial charge in [0.1, 0.15) is 0 Å². The highest BCUT2D eigenvalue weighted by atomic mass is 16.4. The highest BCUT2D eigenvalue weighted by molar-refractivity contribution is 6.08. The van der Waals surface area contributed by atoms with Gasteiger partial charge in [0.25, 0.3) is 5.91 Å². The van der Waals surface area contributed by atoms with Crippen molar-refractivity contribution in [2.24, 2.45) is 0 Å². The second kappa shape index (κ2) is 3.89. The third-order valence-corrected chi connectivity index (χ3v) is 2.62. The van der Waals surface area contributed by atoms with Crippen molar-refractivity contribution in [3.05, 3.63) is 35.9 Å². The zero-order chi connectivity index (χ0) is 12.5. The van der Waals surface area contributed by atoms with E-state index in [4.69, 9.17) is 5.11 Å². The zero-order valence-electron chi connectivity index (χ0n) is 8.77. The molecular weight excluding hydrogens is 224 g/mol. The summed E-state index contributed by atoms with van der Waals surface area (Å²) < 4.78 is 0. The first-order valence-corrected chi connectivity index (χ1v) is 4.95. The molecule has 6 nitrogen and oxygen atoms in total. The largest absolute Gasteiger partial charge is 0.481 e. The number of carbonyl (C=O) groups excluding carboxylic acids is 2. The van der Waals surface area contributed by atoms with Gasteiger partial charge in [-0.2, -0.15) is 0 Å². The molecule has 17 heavy (non-hydrogen) atoms. The van der Waals surface area contributed by atoms with Crippen LogP contribution in [0, 0.1) is 0 Å². The maximum absolute atomic E-state index is 11.8. The Morgan fingerprint density at radius 1 is 1.24 bits per heavy atom. The highest BCUT2D eigenvalue weighted by Gasteiger charge is 2.49. The minimum Gasteiger partial charge on any atom is -0.481 e. The number of urea groups is 1. The van der Waals surface area contributed by atoms with E-state index < -0.39 is 29.9 Å². The average Bonchev–Trinajstić information content (AvgIpc) is 2.55. The number of rotatable bonds is 3. The third-order valence-electron chi connectivity index (χ3n) is 2.62. The second-order valence-electron chi connectivity index (χ2n) is 3.75. The van der Waals surface area contributed by atoms with Crippen LogP contribution in [-0.2, 0) is 15.1 Å². The molecule has 1 aromatic rings. The van der Waals surface area contributed by atoms with E-state index in [2.05, 4.69) is 10.6 Å². The fourth-order valence-corrected chi connectivity index (χ4v) is 1.87. The minimum absolute atomic E-state index is 0.450. The van der Waals surface area contributed by atoms with Gasteiger partial charge in [-0.15, -0.1) is 0 Å². The molecule has 0 bridgehead atoms. The molecule has 1 aromatic carbocycles. The van der Waals surface area contributed by atoms with Gasteiger partial charge in [0.2, 0.25) is 0 Å². The van der Waals surface area contributed by atoms with Crippen molar-refractivity contribution >= 4 is 17.9 Å².